The van der Waals surface area contributed by atoms with Gasteiger partial charge in [-0.05, 0) is 66.9 Å². The number of nitrogens with one attached hydrogen (secondary N) is 2. The monoisotopic (exact) mass is 577 g/mol. The molecule has 1 fully saturated rings. The smallest absolute Gasteiger partial charge is 0.335 e. The number of hydrogen-bond acceptors (Lipinski definition) is 7. The third-order valence-corrected chi connectivity index (χ3v) is 6.19. The van der Waals surface area contributed by atoms with Crippen LogP contribution in [0.1, 0.15) is 24.5 Å². The lowest BCUT2D eigenvalue weighted by molar-refractivity contribution is -0.122. The first kappa shape index (κ1) is 29.2. The molecule has 0 atom stereocenters. The van der Waals surface area contributed by atoms with Crippen molar-refractivity contribution in [3.8, 4) is 17.2 Å². The molecule has 3 aromatic carbocycles. The van der Waals surface area contributed by atoms with E-state index in [2.05, 4.69) is 10.6 Å². The Balaban J connectivity index is 1.49. The lowest BCUT2D eigenvalue weighted by atomic mass is 10.1. The number of rotatable bonds is 10. The van der Waals surface area contributed by atoms with E-state index >= 15 is 0 Å². The summed E-state index contributed by atoms with van der Waals surface area (Å²) >= 11 is 6.35. The van der Waals surface area contributed by atoms with E-state index in [4.69, 9.17) is 25.8 Å². The molecule has 3 aromatic rings. The van der Waals surface area contributed by atoms with E-state index in [0.29, 0.717) is 29.4 Å². The Morgan fingerprint density at radius 1 is 1.00 bits per heavy atom. The molecule has 1 aliphatic heterocycles. The second kappa shape index (κ2) is 13.0. The quantitative estimate of drug-likeness (QED) is 0.253. The van der Waals surface area contributed by atoms with E-state index < -0.39 is 17.8 Å². The SMILES string of the molecule is CCCOc1ccc(N2C(=O)NC(=O)/C(=C/c3ccc(OCC(=O)Nc4cccc(C)c4)c(Cl)c3)C2=O)cc1OC. The number of methoxy groups -OCH3 is 1. The Hall–Kier alpha value is -4.83. The van der Waals surface area contributed by atoms with Crippen molar-refractivity contribution in [1.29, 1.82) is 0 Å². The van der Waals surface area contributed by atoms with Crippen LogP contribution in [0.4, 0.5) is 16.2 Å². The van der Waals surface area contributed by atoms with Gasteiger partial charge in [-0.2, -0.15) is 0 Å². The molecule has 0 radical (unpaired) electrons. The van der Waals surface area contributed by atoms with Crippen LogP contribution in [0.2, 0.25) is 5.02 Å². The molecule has 0 saturated carbocycles. The van der Waals surface area contributed by atoms with Gasteiger partial charge in [-0.1, -0.05) is 36.7 Å². The second-order valence-corrected chi connectivity index (χ2v) is 9.44. The van der Waals surface area contributed by atoms with Gasteiger partial charge in [0, 0.05) is 11.8 Å². The van der Waals surface area contributed by atoms with E-state index in [1.807, 2.05) is 32.0 Å². The van der Waals surface area contributed by atoms with Crippen molar-refractivity contribution in [2.24, 2.45) is 0 Å². The minimum absolute atomic E-state index is 0.159. The molecule has 0 bridgehead atoms. The van der Waals surface area contributed by atoms with Crippen molar-refractivity contribution in [2.75, 3.05) is 30.5 Å². The van der Waals surface area contributed by atoms with Gasteiger partial charge in [-0.3, -0.25) is 19.7 Å². The zero-order valence-electron chi connectivity index (χ0n) is 22.7. The molecule has 0 aliphatic carbocycles. The lowest BCUT2D eigenvalue weighted by Gasteiger charge is -2.27. The van der Waals surface area contributed by atoms with Gasteiger partial charge in [0.25, 0.3) is 17.7 Å². The molecule has 1 saturated heterocycles. The third kappa shape index (κ3) is 7.03. The number of urea groups is 1. The highest BCUT2D eigenvalue weighted by Crippen LogP contribution is 2.34. The van der Waals surface area contributed by atoms with Crippen LogP contribution in [-0.4, -0.2) is 44.1 Å². The third-order valence-electron chi connectivity index (χ3n) is 5.90. The number of carbonyl (C=O) groups excluding carboxylic acids is 4. The Morgan fingerprint density at radius 2 is 1.78 bits per heavy atom. The van der Waals surface area contributed by atoms with Gasteiger partial charge in [0.15, 0.2) is 18.1 Å². The summed E-state index contributed by atoms with van der Waals surface area (Å²) in [7, 11) is 1.44. The van der Waals surface area contributed by atoms with E-state index in [0.717, 1.165) is 16.9 Å². The summed E-state index contributed by atoms with van der Waals surface area (Å²) in [6, 6.07) is 15.6. The highest BCUT2D eigenvalue weighted by molar-refractivity contribution is 6.39. The summed E-state index contributed by atoms with van der Waals surface area (Å²) in [6.45, 7) is 4.06. The number of carbonyl (C=O) groups is 4. The molecule has 11 heteroatoms. The fourth-order valence-electron chi connectivity index (χ4n) is 3.97. The highest BCUT2D eigenvalue weighted by atomic mass is 35.5. The molecule has 1 heterocycles. The van der Waals surface area contributed by atoms with Crippen LogP contribution in [0.25, 0.3) is 6.08 Å². The Morgan fingerprint density at radius 3 is 2.49 bits per heavy atom. The van der Waals surface area contributed by atoms with Crippen LogP contribution in [0.5, 0.6) is 17.2 Å². The number of aryl methyl sites for hydroxylation is 1. The average Bonchev–Trinajstić information content (AvgIpc) is 2.94. The maximum atomic E-state index is 13.3. The largest absolute Gasteiger partial charge is 0.493 e. The zero-order chi connectivity index (χ0) is 29.5. The van der Waals surface area contributed by atoms with Crippen LogP contribution in [0.3, 0.4) is 0 Å². The summed E-state index contributed by atoms with van der Waals surface area (Å²) in [6.07, 6.45) is 2.10. The summed E-state index contributed by atoms with van der Waals surface area (Å²) in [5, 5.41) is 5.08. The van der Waals surface area contributed by atoms with Crippen LogP contribution in [0.15, 0.2) is 66.2 Å². The van der Waals surface area contributed by atoms with Gasteiger partial charge in [0.2, 0.25) is 0 Å². The van der Waals surface area contributed by atoms with Crippen LogP contribution < -0.4 is 29.7 Å². The maximum Gasteiger partial charge on any atom is 0.335 e. The molecular formula is C30H28ClN3O7. The molecule has 10 nitrogen and oxygen atoms in total. The molecule has 5 amide bonds. The molecule has 4 rings (SSSR count). The van der Waals surface area contributed by atoms with Crippen molar-refractivity contribution >= 4 is 52.8 Å². The predicted molar refractivity (Wildman–Crippen MR) is 155 cm³/mol. The number of nitrogens with zero attached hydrogens (tertiary/aromatic N) is 1. The highest BCUT2D eigenvalue weighted by Gasteiger charge is 2.37. The minimum Gasteiger partial charge on any atom is -0.493 e. The molecule has 212 valence electrons. The standard InChI is InChI=1S/C30H28ClN3O7/c1-4-12-40-25-11-9-21(16-26(25)39-3)34-29(37)22(28(36)33-30(34)38)14-19-8-10-24(23(31)15-19)41-17-27(35)32-20-7-5-6-18(2)13-20/h5-11,13-16H,4,12,17H2,1-3H3,(H,32,35)(H,33,36,38)/b22-14-. The molecule has 0 spiro atoms. The summed E-state index contributed by atoms with van der Waals surface area (Å²) in [4.78, 5) is 51.6. The maximum absolute atomic E-state index is 13.3. The number of halogens is 1. The van der Waals surface area contributed by atoms with Crippen molar-refractivity contribution in [3.05, 3.63) is 82.4 Å². The predicted octanol–water partition coefficient (Wildman–Crippen LogP) is 5.13. The van der Waals surface area contributed by atoms with E-state index in [1.54, 1.807) is 18.2 Å². The minimum atomic E-state index is -0.896. The van der Waals surface area contributed by atoms with Crippen LogP contribution >= 0.6 is 11.6 Å². The molecule has 0 unspecified atom stereocenters. The molecule has 0 aromatic heterocycles. The number of barbiturate groups is 1. The Kier molecular flexibility index (Phi) is 9.26. The summed E-state index contributed by atoms with van der Waals surface area (Å²) in [5.41, 5.74) is 1.97. The lowest BCUT2D eigenvalue weighted by Crippen LogP contribution is -2.54. The van der Waals surface area contributed by atoms with Crippen molar-refractivity contribution in [1.82, 2.24) is 5.32 Å². The first-order valence-corrected chi connectivity index (χ1v) is 13.1. The Labute approximate surface area is 241 Å². The number of anilines is 2. The summed E-state index contributed by atoms with van der Waals surface area (Å²) < 4.78 is 16.5. The van der Waals surface area contributed by atoms with Gasteiger partial charge in [-0.15, -0.1) is 0 Å². The molecular weight excluding hydrogens is 550 g/mol. The first-order chi connectivity index (χ1) is 19.7. The van der Waals surface area contributed by atoms with Crippen LogP contribution in [0, 0.1) is 6.92 Å². The average molecular weight is 578 g/mol. The van der Waals surface area contributed by atoms with Crippen molar-refractivity contribution in [2.45, 2.75) is 20.3 Å². The topological polar surface area (TPSA) is 123 Å². The van der Waals surface area contributed by atoms with E-state index in [-0.39, 0.29) is 34.5 Å². The van der Waals surface area contributed by atoms with Crippen molar-refractivity contribution < 1.29 is 33.4 Å². The number of hydrogen-bond donors (Lipinski definition) is 2. The van der Waals surface area contributed by atoms with E-state index in [1.165, 1.54) is 37.5 Å². The number of benzene rings is 3. The summed E-state index contributed by atoms with van der Waals surface area (Å²) in [5.74, 6) is -1.02. The number of imide groups is 2. The first-order valence-electron chi connectivity index (χ1n) is 12.7. The molecule has 41 heavy (non-hydrogen) atoms. The zero-order valence-corrected chi connectivity index (χ0v) is 23.4. The van der Waals surface area contributed by atoms with Gasteiger partial charge in [0.1, 0.15) is 11.3 Å². The van der Waals surface area contributed by atoms with E-state index in [9.17, 15) is 19.2 Å². The van der Waals surface area contributed by atoms with Gasteiger partial charge >= 0.3 is 6.03 Å². The molecule has 2 N–H and O–H groups in total. The molecule has 1 aliphatic rings. The Bertz CT molecular complexity index is 1540. The number of ether oxygens (including phenoxy) is 3. The fraction of sp³-hybridized carbons (Fsp3) is 0.200. The normalized spacial score (nSPS) is 14.1. The van der Waals surface area contributed by atoms with Gasteiger partial charge in [-0.25, -0.2) is 9.69 Å². The fourth-order valence-corrected chi connectivity index (χ4v) is 4.22. The second-order valence-electron chi connectivity index (χ2n) is 9.04. The van der Waals surface area contributed by atoms with Gasteiger partial charge < -0.3 is 19.5 Å². The number of amides is 5. The van der Waals surface area contributed by atoms with Gasteiger partial charge in [0.05, 0.1) is 24.4 Å². The van der Waals surface area contributed by atoms with Crippen molar-refractivity contribution in [3.63, 3.8) is 0 Å². The van der Waals surface area contributed by atoms with Crippen LogP contribution in [-0.2, 0) is 14.4 Å².